The lowest BCUT2D eigenvalue weighted by Gasteiger charge is -2.02. The fraction of sp³-hybridized carbons (Fsp3) is 0.118. The van der Waals surface area contributed by atoms with Crippen LogP contribution in [0.1, 0.15) is 18.1 Å². The van der Waals surface area contributed by atoms with Crippen molar-refractivity contribution in [3.05, 3.63) is 75.8 Å². The van der Waals surface area contributed by atoms with Crippen LogP contribution < -0.4 is 4.74 Å². The molecule has 0 heterocycles. The molecule has 0 saturated heterocycles. The van der Waals surface area contributed by atoms with Gasteiger partial charge in [-0.15, -0.1) is 0 Å². The number of benzene rings is 2. The van der Waals surface area contributed by atoms with Crippen LogP contribution in [-0.2, 0) is 11.2 Å². The van der Waals surface area contributed by atoms with E-state index in [9.17, 15) is 14.9 Å². The lowest BCUT2D eigenvalue weighted by molar-refractivity contribution is -0.384. The lowest BCUT2D eigenvalue weighted by Crippen LogP contribution is -2.03. The summed E-state index contributed by atoms with van der Waals surface area (Å²) in [6.07, 6.45) is 3.64. The largest absolute Gasteiger partial charge is 0.423 e. The van der Waals surface area contributed by atoms with Gasteiger partial charge in [0.2, 0.25) is 0 Å². The van der Waals surface area contributed by atoms with Crippen molar-refractivity contribution in [3.8, 4) is 5.75 Å². The van der Waals surface area contributed by atoms with Crippen molar-refractivity contribution in [1.29, 1.82) is 0 Å². The van der Waals surface area contributed by atoms with Crippen molar-refractivity contribution in [1.82, 2.24) is 0 Å². The monoisotopic (exact) mass is 297 g/mol. The highest BCUT2D eigenvalue weighted by atomic mass is 16.6. The Morgan fingerprint density at radius 1 is 1.23 bits per heavy atom. The molecule has 0 saturated carbocycles. The number of nitrogens with zero attached hydrogens (tertiary/aromatic N) is 1. The highest BCUT2D eigenvalue weighted by molar-refractivity contribution is 5.88. The standard InChI is InChI=1S/C17H15NO4/c1-2-13-6-9-16(10-7-13)22-17(19)11-8-14-4-3-5-15(12-14)18(20)21/h3-12H,2H2,1H3/b11-8+. The van der Waals surface area contributed by atoms with Crippen molar-refractivity contribution >= 4 is 17.7 Å². The van der Waals surface area contributed by atoms with E-state index < -0.39 is 10.9 Å². The van der Waals surface area contributed by atoms with Gasteiger partial charge in [0.1, 0.15) is 5.75 Å². The Morgan fingerprint density at radius 3 is 2.59 bits per heavy atom. The molecule has 0 aliphatic carbocycles. The van der Waals surface area contributed by atoms with E-state index in [0.29, 0.717) is 11.3 Å². The molecule has 22 heavy (non-hydrogen) atoms. The second-order valence-corrected chi connectivity index (χ2v) is 4.60. The number of ether oxygens (including phenoxy) is 1. The zero-order valence-corrected chi connectivity index (χ0v) is 12.1. The van der Waals surface area contributed by atoms with E-state index in [4.69, 9.17) is 4.74 Å². The Labute approximate surface area is 128 Å². The molecule has 2 aromatic rings. The Balaban J connectivity index is 2.01. The van der Waals surface area contributed by atoms with E-state index in [1.54, 1.807) is 24.3 Å². The average Bonchev–Trinajstić information content (AvgIpc) is 2.54. The second kappa shape index (κ2) is 7.17. The van der Waals surface area contributed by atoms with Gasteiger partial charge in [-0.1, -0.05) is 31.2 Å². The molecule has 0 aliphatic heterocycles. The van der Waals surface area contributed by atoms with Crippen LogP contribution in [-0.4, -0.2) is 10.9 Å². The summed E-state index contributed by atoms with van der Waals surface area (Å²) in [7, 11) is 0. The van der Waals surface area contributed by atoms with Crippen LogP contribution in [0.4, 0.5) is 5.69 Å². The first kappa shape index (κ1) is 15.4. The van der Waals surface area contributed by atoms with Gasteiger partial charge < -0.3 is 4.74 Å². The first-order valence-electron chi connectivity index (χ1n) is 6.82. The van der Waals surface area contributed by atoms with Crippen LogP contribution in [0.15, 0.2) is 54.6 Å². The predicted molar refractivity (Wildman–Crippen MR) is 83.6 cm³/mol. The summed E-state index contributed by atoms with van der Waals surface area (Å²) in [5.41, 5.74) is 1.70. The minimum absolute atomic E-state index is 0.0225. The number of nitro groups is 1. The van der Waals surface area contributed by atoms with Gasteiger partial charge >= 0.3 is 5.97 Å². The molecule has 0 amide bonds. The van der Waals surface area contributed by atoms with Crippen LogP contribution in [0.2, 0.25) is 0 Å². The van der Waals surface area contributed by atoms with Crippen LogP contribution in [0.5, 0.6) is 5.75 Å². The highest BCUT2D eigenvalue weighted by Crippen LogP contribution is 2.15. The molecule has 0 radical (unpaired) electrons. The minimum Gasteiger partial charge on any atom is -0.423 e. The molecule has 0 aromatic heterocycles. The third-order valence-corrected chi connectivity index (χ3v) is 3.04. The third-order valence-electron chi connectivity index (χ3n) is 3.04. The molecule has 0 bridgehead atoms. The summed E-state index contributed by atoms with van der Waals surface area (Å²) in [4.78, 5) is 21.9. The molecular weight excluding hydrogens is 282 g/mol. The quantitative estimate of drug-likeness (QED) is 0.277. The van der Waals surface area contributed by atoms with Gasteiger partial charge in [-0.05, 0) is 35.8 Å². The number of esters is 1. The van der Waals surface area contributed by atoms with Gasteiger partial charge in [-0.25, -0.2) is 4.79 Å². The summed E-state index contributed by atoms with van der Waals surface area (Å²) in [5.74, 6) is -0.0679. The Kier molecular flexibility index (Phi) is 5.03. The normalized spacial score (nSPS) is 10.6. The van der Waals surface area contributed by atoms with Crippen LogP contribution in [0.25, 0.3) is 6.08 Å². The summed E-state index contributed by atoms with van der Waals surface area (Å²) in [6, 6.07) is 13.3. The zero-order valence-electron chi connectivity index (χ0n) is 12.1. The van der Waals surface area contributed by atoms with Crippen molar-refractivity contribution in [3.63, 3.8) is 0 Å². The molecule has 0 atom stereocenters. The van der Waals surface area contributed by atoms with E-state index >= 15 is 0 Å². The SMILES string of the molecule is CCc1ccc(OC(=O)/C=C/c2cccc([N+](=O)[O-])c2)cc1. The van der Waals surface area contributed by atoms with Gasteiger partial charge in [-0.3, -0.25) is 10.1 Å². The summed E-state index contributed by atoms with van der Waals surface area (Å²) in [6.45, 7) is 2.04. The van der Waals surface area contributed by atoms with Crippen molar-refractivity contribution in [2.45, 2.75) is 13.3 Å². The fourth-order valence-corrected chi connectivity index (χ4v) is 1.85. The van der Waals surface area contributed by atoms with Gasteiger partial charge in [-0.2, -0.15) is 0 Å². The average molecular weight is 297 g/mol. The number of hydrogen-bond acceptors (Lipinski definition) is 4. The van der Waals surface area contributed by atoms with E-state index in [-0.39, 0.29) is 5.69 Å². The molecule has 0 aliphatic rings. The van der Waals surface area contributed by atoms with Gasteiger partial charge in [0.05, 0.1) is 4.92 Å². The molecule has 5 heteroatoms. The maximum Gasteiger partial charge on any atom is 0.336 e. The topological polar surface area (TPSA) is 69.4 Å². The number of carbonyl (C=O) groups is 1. The van der Waals surface area contributed by atoms with Gasteiger partial charge in [0, 0.05) is 18.2 Å². The number of nitro benzene ring substituents is 1. The third kappa shape index (κ3) is 4.28. The first-order chi connectivity index (χ1) is 10.6. The van der Waals surface area contributed by atoms with E-state index in [0.717, 1.165) is 12.0 Å². The molecule has 2 aromatic carbocycles. The Hall–Kier alpha value is -2.95. The fourth-order valence-electron chi connectivity index (χ4n) is 1.85. The molecule has 0 unspecified atom stereocenters. The van der Waals surface area contributed by atoms with Crippen molar-refractivity contribution < 1.29 is 14.5 Å². The van der Waals surface area contributed by atoms with Crippen molar-refractivity contribution in [2.24, 2.45) is 0 Å². The summed E-state index contributed by atoms with van der Waals surface area (Å²) in [5, 5.41) is 10.7. The molecule has 5 nitrogen and oxygen atoms in total. The Morgan fingerprint density at radius 2 is 1.95 bits per heavy atom. The van der Waals surface area contributed by atoms with E-state index in [1.165, 1.54) is 24.3 Å². The molecule has 0 fully saturated rings. The molecular formula is C17H15NO4. The smallest absolute Gasteiger partial charge is 0.336 e. The number of rotatable bonds is 5. The molecule has 0 N–H and O–H groups in total. The minimum atomic E-state index is -0.532. The number of aryl methyl sites for hydroxylation is 1. The Bertz CT molecular complexity index is 705. The molecule has 2 rings (SSSR count). The second-order valence-electron chi connectivity index (χ2n) is 4.60. The number of hydrogen-bond donors (Lipinski definition) is 0. The number of non-ortho nitro benzene ring substituents is 1. The maximum atomic E-state index is 11.7. The van der Waals surface area contributed by atoms with Gasteiger partial charge in [0.25, 0.3) is 5.69 Å². The zero-order chi connectivity index (χ0) is 15.9. The van der Waals surface area contributed by atoms with Gasteiger partial charge in [0.15, 0.2) is 0 Å². The van der Waals surface area contributed by atoms with E-state index in [1.807, 2.05) is 19.1 Å². The summed E-state index contributed by atoms with van der Waals surface area (Å²) >= 11 is 0. The highest BCUT2D eigenvalue weighted by Gasteiger charge is 2.05. The van der Waals surface area contributed by atoms with Crippen LogP contribution >= 0.6 is 0 Å². The van der Waals surface area contributed by atoms with Crippen LogP contribution in [0.3, 0.4) is 0 Å². The summed E-state index contributed by atoms with van der Waals surface area (Å²) < 4.78 is 5.15. The lowest BCUT2D eigenvalue weighted by atomic mass is 10.2. The molecule has 112 valence electrons. The van der Waals surface area contributed by atoms with E-state index in [2.05, 4.69) is 0 Å². The maximum absolute atomic E-state index is 11.7. The van der Waals surface area contributed by atoms with Crippen LogP contribution in [0, 0.1) is 10.1 Å². The molecule has 0 spiro atoms. The first-order valence-corrected chi connectivity index (χ1v) is 6.82. The predicted octanol–water partition coefficient (Wildman–Crippen LogP) is 3.78. The number of carbonyl (C=O) groups excluding carboxylic acids is 1. The van der Waals surface area contributed by atoms with Crippen molar-refractivity contribution in [2.75, 3.05) is 0 Å².